The summed E-state index contributed by atoms with van der Waals surface area (Å²) in [6.45, 7) is 16.0. The van der Waals surface area contributed by atoms with E-state index in [4.69, 9.17) is 18.9 Å². The number of benzene rings is 3. The number of rotatable bonds is 18. The third-order valence-corrected chi connectivity index (χ3v) is 11.1. The zero-order valence-electron chi connectivity index (χ0n) is 35.9. The average molecular weight is 1240 g/mol. The number of ether oxygens (including phenoxy) is 4. The predicted octanol–water partition coefficient (Wildman–Crippen LogP) is 10.5. The van der Waals surface area contributed by atoms with Gasteiger partial charge >= 0.3 is 23.9 Å². The maximum atomic E-state index is 12.3. The zero-order valence-corrected chi connectivity index (χ0v) is 45.4. The smallest absolute Gasteiger partial charge is 0.322 e. The van der Waals surface area contributed by atoms with Crippen LogP contribution in [0.5, 0.6) is 0 Å². The number of esters is 4. The van der Waals surface area contributed by atoms with Crippen molar-refractivity contribution < 1.29 is 38.1 Å². The molecule has 0 saturated heterocycles. The standard InChI is InChI=1S/C46H50Br6N2O8/c1-43(2,49)39(55)59-25-21-53(22-26-60-40(56)44(3,4)50)35-17-11-31(12-18-35)9-15-33-29-38(48)34(30-37(33)47)16-10-32-13-19-36(20-14-32)54(23-27-61-41(57)45(5,6)51)24-28-62-42(58)46(7,8)52/h11-14,17-20,29-30H,21-28H2,1-8H3. The highest BCUT2D eigenvalue weighted by molar-refractivity contribution is 9.11. The molecule has 0 aliphatic rings. The molecule has 0 heterocycles. The number of halogens is 6. The van der Waals surface area contributed by atoms with Crippen molar-refractivity contribution in [1.29, 1.82) is 0 Å². The van der Waals surface area contributed by atoms with Crippen LogP contribution in [0.25, 0.3) is 0 Å². The Bertz CT molecular complexity index is 1950. The first-order valence-corrected chi connectivity index (χ1v) is 24.2. The molecule has 0 aromatic heterocycles. The number of carbonyl (C=O) groups excluding carboxylic acids is 4. The van der Waals surface area contributed by atoms with Crippen molar-refractivity contribution in [2.45, 2.75) is 72.7 Å². The van der Waals surface area contributed by atoms with Gasteiger partial charge in [-0.1, -0.05) is 87.4 Å². The van der Waals surface area contributed by atoms with Crippen LogP contribution in [0.15, 0.2) is 69.6 Å². The molecule has 62 heavy (non-hydrogen) atoms. The molecule has 0 bridgehead atoms. The van der Waals surface area contributed by atoms with Crippen molar-refractivity contribution in [2.24, 2.45) is 0 Å². The van der Waals surface area contributed by atoms with Gasteiger partial charge in [0, 0.05) is 42.6 Å². The Morgan fingerprint density at radius 2 is 0.694 bits per heavy atom. The molecule has 10 nitrogen and oxygen atoms in total. The molecule has 3 aromatic carbocycles. The fourth-order valence-corrected chi connectivity index (χ4v) is 6.29. The van der Waals surface area contributed by atoms with Crippen LogP contribution in [0.1, 0.15) is 77.6 Å². The summed E-state index contributed by atoms with van der Waals surface area (Å²) in [5.41, 5.74) is 4.81. The van der Waals surface area contributed by atoms with Crippen molar-refractivity contribution in [3.05, 3.63) is 91.9 Å². The molecule has 0 spiro atoms. The van der Waals surface area contributed by atoms with Crippen molar-refractivity contribution >= 4 is 131 Å². The van der Waals surface area contributed by atoms with Gasteiger partial charge in [-0.3, -0.25) is 19.2 Å². The molecule has 3 aromatic rings. The molecule has 3 rings (SSSR count). The van der Waals surface area contributed by atoms with Crippen LogP contribution >= 0.6 is 95.6 Å². The minimum absolute atomic E-state index is 0.151. The molecule has 0 radical (unpaired) electrons. The number of nitrogens with zero attached hydrogens (tertiary/aromatic N) is 2. The molecular formula is C46H50Br6N2O8. The first kappa shape index (κ1) is 53.5. The largest absolute Gasteiger partial charge is 0.463 e. The van der Waals surface area contributed by atoms with Gasteiger partial charge in [-0.2, -0.15) is 0 Å². The maximum absolute atomic E-state index is 12.3. The SMILES string of the molecule is CC(C)(Br)C(=O)OCCN(CCOC(=O)C(C)(C)Br)c1ccc(C#Cc2cc(Br)c(C#Cc3ccc(N(CCOC(=O)C(C)(C)Br)CCOC(=O)C(C)(C)Br)cc3)cc2Br)cc1. The Kier molecular flexibility index (Phi) is 20.6. The highest BCUT2D eigenvalue weighted by Gasteiger charge is 2.28. The zero-order chi connectivity index (χ0) is 46.5. The van der Waals surface area contributed by atoms with E-state index in [0.29, 0.717) is 26.2 Å². The van der Waals surface area contributed by atoms with Gasteiger partial charge in [0.2, 0.25) is 0 Å². The van der Waals surface area contributed by atoms with E-state index in [1.165, 1.54) is 0 Å². The number of hydrogen-bond acceptors (Lipinski definition) is 10. The van der Waals surface area contributed by atoms with E-state index in [-0.39, 0.29) is 50.3 Å². The third-order valence-electron chi connectivity index (χ3n) is 8.52. The van der Waals surface area contributed by atoms with Crippen LogP contribution in [0.3, 0.4) is 0 Å². The number of hydrogen-bond donors (Lipinski definition) is 0. The van der Waals surface area contributed by atoms with E-state index in [9.17, 15) is 19.2 Å². The number of alkyl halides is 4. The summed E-state index contributed by atoms with van der Waals surface area (Å²) in [6.07, 6.45) is 0. The Hall–Kier alpha value is -2.86. The second-order valence-electron chi connectivity index (χ2n) is 15.8. The third kappa shape index (κ3) is 18.3. The van der Waals surface area contributed by atoms with E-state index in [0.717, 1.165) is 42.6 Å². The summed E-state index contributed by atoms with van der Waals surface area (Å²) in [7, 11) is 0. The average Bonchev–Trinajstić information content (AvgIpc) is 3.18. The first-order chi connectivity index (χ1) is 28.8. The lowest BCUT2D eigenvalue weighted by Crippen LogP contribution is -2.35. The highest BCUT2D eigenvalue weighted by atomic mass is 79.9. The normalized spacial score (nSPS) is 11.6. The summed E-state index contributed by atoms with van der Waals surface area (Å²) in [5.74, 6) is 11.4. The van der Waals surface area contributed by atoms with Crippen molar-refractivity contribution in [1.82, 2.24) is 0 Å². The van der Waals surface area contributed by atoms with Gasteiger partial charge in [0.05, 0.1) is 26.2 Å². The van der Waals surface area contributed by atoms with Gasteiger partial charge in [-0.15, -0.1) is 0 Å². The predicted molar refractivity (Wildman–Crippen MR) is 267 cm³/mol. The Balaban J connectivity index is 1.73. The van der Waals surface area contributed by atoms with Gasteiger partial charge in [0.15, 0.2) is 0 Å². The van der Waals surface area contributed by atoms with E-state index in [1.54, 1.807) is 55.4 Å². The van der Waals surface area contributed by atoms with Gasteiger partial charge < -0.3 is 28.7 Å². The van der Waals surface area contributed by atoms with E-state index in [2.05, 4.69) is 119 Å². The lowest BCUT2D eigenvalue weighted by atomic mass is 10.1. The summed E-state index contributed by atoms with van der Waals surface area (Å²) in [5, 5.41) is 0. The van der Waals surface area contributed by atoms with Crippen molar-refractivity contribution in [2.75, 3.05) is 62.4 Å². The molecule has 334 valence electrons. The van der Waals surface area contributed by atoms with Crippen LogP contribution in [0, 0.1) is 23.7 Å². The van der Waals surface area contributed by atoms with Gasteiger partial charge in [-0.05, 0) is 148 Å². The maximum Gasteiger partial charge on any atom is 0.322 e. The van der Waals surface area contributed by atoms with Crippen LogP contribution in [0.4, 0.5) is 11.4 Å². The molecule has 0 atom stereocenters. The van der Waals surface area contributed by atoms with Crippen LogP contribution < -0.4 is 9.80 Å². The monoisotopic (exact) mass is 1230 g/mol. The Morgan fingerprint density at radius 3 is 0.919 bits per heavy atom. The number of carbonyl (C=O) groups is 4. The minimum Gasteiger partial charge on any atom is -0.463 e. The van der Waals surface area contributed by atoms with Crippen molar-refractivity contribution in [3.63, 3.8) is 0 Å². The van der Waals surface area contributed by atoms with Crippen LogP contribution in [-0.2, 0) is 38.1 Å². The lowest BCUT2D eigenvalue weighted by molar-refractivity contribution is -0.146. The quantitative estimate of drug-likeness (QED) is 0.0528. The Labute approximate surface area is 416 Å². The highest BCUT2D eigenvalue weighted by Crippen LogP contribution is 2.27. The molecule has 16 heteroatoms. The van der Waals surface area contributed by atoms with Gasteiger partial charge in [-0.25, -0.2) is 0 Å². The van der Waals surface area contributed by atoms with E-state index < -0.39 is 17.3 Å². The van der Waals surface area contributed by atoms with Crippen LogP contribution in [0.2, 0.25) is 0 Å². The van der Waals surface area contributed by atoms with Gasteiger partial charge in [0.25, 0.3) is 0 Å². The number of anilines is 2. The van der Waals surface area contributed by atoms with Crippen LogP contribution in [-0.4, -0.2) is 93.8 Å². The summed E-state index contributed by atoms with van der Waals surface area (Å²) < 4.78 is 20.2. The molecule has 0 fully saturated rings. The first-order valence-electron chi connectivity index (χ1n) is 19.4. The second-order valence-corrected chi connectivity index (χ2v) is 25.5. The van der Waals surface area contributed by atoms with Gasteiger partial charge in [0.1, 0.15) is 43.7 Å². The summed E-state index contributed by atoms with van der Waals surface area (Å²) >= 11 is 20.7. The lowest BCUT2D eigenvalue weighted by Gasteiger charge is -2.26. The summed E-state index contributed by atoms with van der Waals surface area (Å²) in [4.78, 5) is 53.2. The minimum atomic E-state index is -0.800. The molecular weight excluding hydrogens is 1190 g/mol. The molecule has 0 N–H and O–H groups in total. The topological polar surface area (TPSA) is 112 Å². The fraction of sp³-hybridized carbons (Fsp3) is 0.435. The fourth-order valence-electron chi connectivity index (χ4n) is 4.95. The second kappa shape index (κ2) is 23.9. The molecule has 0 amide bonds. The molecule has 0 aliphatic carbocycles. The van der Waals surface area contributed by atoms with E-state index >= 15 is 0 Å². The molecule has 0 unspecified atom stereocenters. The Morgan fingerprint density at radius 1 is 0.452 bits per heavy atom. The summed E-state index contributed by atoms with van der Waals surface area (Å²) in [6, 6.07) is 19.2. The molecule has 0 aliphatic heterocycles. The van der Waals surface area contributed by atoms with E-state index in [1.807, 2.05) is 70.5 Å². The van der Waals surface area contributed by atoms with Crippen molar-refractivity contribution in [3.8, 4) is 23.7 Å². The molecule has 0 saturated carbocycles.